The zero-order valence-corrected chi connectivity index (χ0v) is 15.1. The van der Waals surface area contributed by atoms with Gasteiger partial charge in [-0.3, -0.25) is 0 Å². The van der Waals surface area contributed by atoms with Gasteiger partial charge in [-0.05, 0) is 43.0 Å². The first-order chi connectivity index (χ1) is 13.0. The minimum Gasteiger partial charge on any atom is -0.490 e. The van der Waals surface area contributed by atoms with Crippen LogP contribution in [0, 0.1) is 17.6 Å². The van der Waals surface area contributed by atoms with Gasteiger partial charge in [-0.1, -0.05) is 12.8 Å². The molecule has 0 saturated heterocycles. The van der Waals surface area contributed by atoms with Gasteiger partial charge < -0.3 is 9.47 Å². The molecule has 3 aromatic rings. The molecule has 0 aliphatic heterocycles. The van der Waals surface area contributed by atoms with Gasteiger partial charge in [0.15, 0.2) is 29.4 Å². The number of thiophene rings is 1. The Labute approximate surface area is 157 Å². The minimum atomic E-state index is -2.07. The highest BCUT2D eigenvalue weighted by Crippen LogP contribution is 2.42. The lowest BCUT2D eigenvalue weighted by Crippen LogP contribution is -2.08. The summed E-state index contributed by atoms with van der Waals surface area (Å²) in [6.07, 6.45) is 2.64. The predicted octanol–water partition coefficient (Wildman–Crippen LogP) is 7.02. The topological polar surface area (TPSA) is 18.5 Å². The normalized spacial score (nSPS) is 14.8. The lowest BCUT2D eigenvalue weighted by atomic mass is 10.1. The van der Waals surface area contributed by atoms with Gasteiger partial charge in [0.05, 0.1) is 16.0 Å². The number of halogens is 4. The average Bonchev–Trinajstić information content (AvgIpc) is 3.29. The SMILES string of the molecule is FC(F)=COc1ccc2c(sc3c(F)c(OCC4CCCC4)ccc32)c1F. The molecule has 0 unspecified atom stereocenters. The van der Waals surface area contributed by atoms with E-state index in [1.807, 2.05) is 0 Å². The van der Waals surface area contributed by atoms with Gasteiger partial charge in [-0.15, -0.1) is 11.3 Å². The van der Waals surface area contributed by atoms with Crippen LogP contribution in [0.25, 0.3) is 20.2 Å². The average molecular weight is 396 g/mol. The molecule has 1 aliphatic rings. The Morgan fingerprint density at radius 2 is 1.56 bits per heavy atom. The highest BCUT2D eigenvalue weighted by atomic mass is 32.1. The van der Waals surface area contributed by atoms with Crippen molar-refractivity contribution in [1.29, 1.82) is 0 Å². The van der Waals surface area contributed by atoms with E-state index in [1.54, 1.807) is 12.1 Å². The van der Waals surface area contributed by atoms with Crippen molar-refractivity contribution in [3.8, 4) is 11.5 Å². The first-order valence-electron chi connectivity index (χ1n) is 8.68. The lowest BCUT2D eigenvalue weighted by Gasteiger charge is -2.12. The number of fused-ring (bicyclic) bond motifs is 3. The van der Waals surface area contributed by atoms with E-state index in [0.29, 0.717) is 23.3 Å². The van der Waals surface area contributed by atoms with E-state index in [-0.39, 0.29) is 27.2 Å². The van der Waals surface area contributed by atoms with Crippen LogP contribution in [0.3, 0.4) is 0 Å². The second-order valence-corrected chi connectivity index (χ2v) is 7.62. The van der Waals surface area contributed by atoms with Crippen molar-refractivity contribution in [2.75, 3.05) is 6.61 Å². The van der Waals surface area contributed by atoms with Crippen molar-refractivity contribution < 1.29 is 27.0 Å². The molecule has 1 heterocycles. The molecule has 1 aromatic heterocycles. The van der Waals surface area contributed by atoms with Crippen LogP contribution >= 0.6 is 11.3 Å². The van der Waals surface area contributed by atoms with Crippen molar-refractivity contribution in [2.45, 2.75) is 25.7 Å². The van der Waals surface area contributed by atoms with E-state index in [0.717, 1.165) is 24.2 Å². The molecule has 7 heteroatoms. The van der Waals surface area contributed by atoms with Gasteiger partial charge in [0.25, 0.3) is 0 Å². The summed E-state index contributed by atoms with van der Waals surface area (Å²) < 4.78 is 64.6. The summed E-state index contributed by atoms with van der Waals surface area (Å²) in [6.45, 7) is 0.473. The van der Waals surface area contributed by atoms with Gasteiger partial charge in [-0.2, -0.15) is 8.78 Å². The van der Waals surface area contributed by atoms with Crippen molar-refractivity contribution in [3.63, 3.8) is 0 Å². The predicted molar refractivity (Wildman–Crippen MR) is 97.6 cm³/mol. The second kappa shape index (κ2) is 7.38. The Kier molecular flexibility index (Phi) is 4.95. The van der Waals surface area contributed by atoms with Crippen LogP contribution < -0.4 is 9.47 Å². The molecule has 1 aliphatic carbocycles. The van der Waals surface area contributed by atoms with E-state index >= 15 is 0 Å². The third-order valence-corrected chi connectivity index (χ3v) is 6.05. The maximum absolute atomic E-state index is 14.9. The fourth-order valence-electron chi connectivity index (χ4n) is 3.50. The summed E-state index contributed by atoms with van der Waals surface area (Å²) in [6, 6.07) is 6.05. The van der Waals surface area contributed by atoms with Crippen molar-refractivity contribution in [2.24, 2.45) is 5.92 Å². The summed E-state index contributed by atoms with van der Waals surface area (Å²) in [7, 11) is 0. The van der Waals surface area contributed by atoms with Crippen LogP contribution in [0.5, 0.6) is 11.5 Å². The highest BCUT2D eigenvalue weighted by Gasteiger charge is 2.20. The molecular weight excluding hydrogens is 380 g/mol. The van der Waals surface area contributed by atoms with E-state index in [1.165, 1.54) is 25.0 Å². The Morgan fingerprint density at radius 1 is 0.963 bits per heavy atom. The molecule has 1 saturated carbocycles. The highest BCUT2D eigenvalue weighted by molar-refractivity contribution is 7.25. The number of rotatable bonds is 5. The summed E-state index contributed by atoms with van der Waals surface area (Å²) >= 11 is 0.917. The van der Waals surface area contributed by atoms with Gasteiger partial charge in [0.1, 0.15) is 0 Å². The molecule has 0 radical (unpaired) electrons. The molecule has 0 N–H and O–H groups in total. The Hall–Kier alpha value is -2.28. The maximum Gasteiger partial charge on any atom is 0.305 e. The summed E-state index contributed by atoms with van der Waals surface area (Å²) in [5, 5.41) is 1.06. The number of hydrogen-bond donors (Lipinski definition) is 0. The van der Waals surface area contributed by atoms with Gasteiger partial charge in [0.2, 0.25) is 0 Å². The largest absolute Gasteiger partial charge is 0.490 e. The molecule has 27 heavy (non-hydrogen) atoms. The van der Waals surface area contributed by atoms with E-state index in [2.05, 4.69) is 4.74 Å². The summed E-state index contributed by atoms with van der Waals surface area (Å²) in [5.41, 5.74) is 0. The first-order valence-corrected chi connectivity index (χ1v) is 9.50. The smallest absolute Gasteiger partial charge is 0.305 e. The quantitative estimate of drug-likeness (QED) is 0.341. The fraction of sp³-hybridized carbons (Fsp3) is 0.300. The zero-order valence-electron chi connectivity index (χ0n) is 14.2. The monoisotopic (exact) mass is 396 g/mol. The van der Waals surface area contributed by atoms with Crippen LogP contribution in [-0.4, -0.2) is 6.61 Å². The third-order valence-electron chi connectivity index (χ3n) is 4.84. The van der Waals surface area contributed by atoms with Crippen LogP contribution in [-0.2, 0) is 0 Å². The number of hydrogen-bond acceptors (Lipinski definition) is 3. The Bertz CT molecular complexity index is 1020. The third kappa shape index (κ3) is 3.48. The molecular formula is C20H16F4O2S. The number of ether oxygens (including phenoxy) is 2. The van der Waals surface area contributed by atoms with Crippen molar-refractivity contribution in [3.05, 3.63) is 48.2 Å². The molecule has 0 bridgehead atoms. The molecule has 0 atom stereocenters. The van der Waals surface area contributed by atoms with Crippen LogP contribution in [0.4, 0.5) is 17.6 Å². The molecule has 142 valence electrons. The molecule has 0 amide bonds. The first kappa shape index (κ1) is 18.1. The van der Waals surface area contributed by atoms with Crippen LogP contribution in [0.2, 0.25) is 0 Å². The zero-order chi connectivity index (χ0) is 19.0. The second-order valence-electron chi connectivity index (χ2n) is 6.60. The lowest BCUT2D eigenvalue weighted by molar-refractivity contribution is 0.243. The van der Waals surface area contributed by atoms with Crippen LogP contribution in [0.15, 0.2) is 36.6 Å². The standard InChI is InChI=1S/C20H16F4O2S/c21-16(22)10-26-15-8-6-13-12-5-7-14(25-9-11-3-1-2-4-11)17(23)19(12)27-20(13)18(15)24/h5-8,10-11H,1-4,9H2. The van der Waals surface area contributed by atoms with Crippen molar-refractivity contribution >= 4 is 31.5 Å². The van der Waals surface area contributed by atoms with E-state index < -0.39 is 17.7 Å². The minimum absolute atomic E-state index is 0.153. The van der Waals surface area contributed by atoms with E-state index in [4.69, 9.17) is 4.74 Å². The van der Waals surface area contributed by atoms with Gasteiger partial charge in [-0.25, -0.2) is 8.78 Å². The maximum atomic E-state index is 14.9. The fourth-order valence-corrected chi connectivity index (χ4v) is 4.66. The van der Waals surface area contributed by atoms with Gasteiger partial charge in [0, 0.05) is 10.8 Å². The number of benzene rings is 2. The Balaban J connectivity index is 1.70. The molecule has 0 spiro atoms. The summed E-state index contributed by atoms with van der Waals surface area (Å²) in [5.74, 6) is -1.05. The van der Waals surface area contributed by atoms with Gasteiger partial charge >= 0.3 is 6.08 Å². The molecule has 2 aromatic carbocycles. The van der Waals surface area contributed by atoms with Crippen molar-refractivity contribution in [1.82, 2.24) is 0 Å². The molecule has 2 nitrogen and oxygen atoms in total. The Morgan fingerprint density at radius 3 is 2.19 bits per heavy atom. The van der Waals surface area contributed by atoms with Crippen LogP contribution in [0.1, 0.15) is 25.7 Å². The van der Waals surface area contributed by atoms with E-state index in [9.17, 15) is 17.6 Å². The summed E-state index contributed by atoms with van der Waals surface area (Å²) in [4.78, 5) is 0. The molecule has 4 rings (SSSR count). The molecule has 1 fully saturated rings.